The highest BCUT2D eigenvalue weighted by Crippen LogP contribution is 2.52. The second-order valence-corrected chi connectivity index (χ2v) is 9.10. The highest BCUT2D eigenvalue weighted by atomic mass is 16.5. The lowest BCUT2D eigenvalue weighted by molar-refractivity contribution is -0.135. The zero-order valence-corrected chi connectivity index (χ0v) is 17.6. The molecule has 3 heterocycles. The third-order valence-corrected chi connectivity index (χ3v) is 7.36. The molecule has 2 fully saturated rings. The summed E-state index contributed by atoms with van der Waals surface area (Å²) in [4.78, 5) is 21.6. The van der Waals surface area contributed by atoms with Crippen LogP contribution in [-0.4, -0.2) is 60.1 Å². The van der Waals surface area contributed by atoms with Crippen LogP contribution in [0.3, 0.4) is 0 Å². The number of morpholine rings is 1. The largest absolute Gasteiger partial charge is 0.378 e. The number of rotatable bonds is 4. The van der Waals surface area contributed by atoms with Gasteiger partial charge < -0.3 is 9.64 Å². The molecule has 3 aliphatic rings. The standard InChI is InChI=1S/C25H31N3O2/c29-24(28-13-15-30-16-14-28)17-21-18-25(23-4-2-1-3-22(21)23)7-11-27(12-8-25)19-20-5-9-26-10-6-20/h1-6,9-10,21H,7-8,11-19H2/t21-/m1/s1. The van der Waals surface area contributed by atoms with Crippen LogP contribution < -0.4 is 0 Å². The number of benzene rings is 1. The monoisotopic (exact) mass is 405 g/mol. The summed E-state index contributed by atoms with van der Waals surface area (Å²) in [5.41, 5.74) is 4.50. The second-order valence-electron chi connectivity index (χ2n) is 9.10. The maximum absolute atomic E-state index is 12.9. The molecule has 1 aromatic carbocycles. The maximum Gasteiger partial charge on any atom is 0.223 e. The molecule has 1 atom stereocenters. The number of fused-ring (bicyclic) bond motifs is 2. The van der Waals surface area contributed by atoms with Crippen LogP contribution in [0.15, 0.2) is 48.8 Å². The van der Waals surface area contributed by atoms with Crippen molar-refractivity contribution in [3.8, 4) is 0 Å². The van der Waals surface area contributed by atoms with Gasteiger partial charge >= 0.3 is 0 Å². The van der Waals surface area contributed by atoms with Crippen LogP contribution in [0.5, 0.6) is 0 Å². The van der Waals surface area contributed by atoms with Gasteiger partial charge in [-0.1, -0.05) is 24.3 Å². The lowest BCUT2D eigenvalue weighted by Crippen LogP contribution is -2.42. The first kappa shape index (κ1) is 19.7. The third-order valence-electron chi connectivity index (χ3n) is 7.36. The molecule has 1 spiro atoms. The van der Waals surface area contributed by atoms with Crippen molar-refractivity contribution in [3.63, 3.8) is 0 Å². The van der Waals surface area contributed by atoms with Gasteiger partial charge in [-0.05, 0) is 72.5 Å². The van der Waals surface area contributed by atoms with E-state index in [1.54, 1.807) is 0 Å². The van der Waals surface area contributed by atoms with Crippen molar-refractivity contribution in [1.29, 1.82) is 0 Å². The molecule has 0 radical (unpaired) electrons. The number of ether oxygens (including phenoxy) is 1. The van der Waals surface area contributed by atoms with E-state index >= 15 is 0 Å². The molecule has 5 nitrogen and oxygen atoms in total. The molecule has 5 rings (SSSR count). The van der Waals surface area contributed by atoms with Crippen LogP contribution in [0, 0.1) is 0 Å². The summed E-state index contributed by atoms with van der Waals surface area (Å²) in [6.45, 7) is 6.04. The van der Waals surface area contributed by atoms with Gasteiger partial charge in [0, 0.05) is 38.4 Å². The van der Waals surface area contributed by atoms with Crippen LogP contribution in [0.1, 0.15) is 48.3 Å². The van der Waals surface area contributed by atoms with Gasteiger partial charge in [-0.3, -0.25) is 14.7 Å². The second kappa shape index (κ2) is 8.48. The van der Waals surface area contributed by atoms with Crippen molar-refractivity contribution in [2.24, 2.45) is 0 Å². The van der Waals surface area contributed by atoms with E-state index in [1.165, 1.54) is 29.5 Å². The molecule has 2 aliphatic heterocycles. The average molecular weight is 406 g/mol. The average Bonchev–Trinajstić information content (AvgIpc) is 3.10. The van der Waals surface area contributed by atoms with E-state index in [2.05, 4.69) is 46.3 Å². The van der Waals surface area contributed by atoms with E-state index in [0.717, 1.165) is 39.1 Å². The molecule has 0 saturated carbocycles. The number of pyridine rings is 1. The zero-order valence-electron chi connectivity index (χ0n) is 17.6. The fourth-order valence-corrected chi connectivity index (χ4v) is 5.72. The summed E-state index contributed by atoms with van der Waals surface area (Å²) in [5, 5.41) is 0. The quantitative estimate of drug-likeness (QED) is 0.783. The number of piperidine rings is 1. The first-order chi connectivity index (χ1) is 14.7. The van der Waals surface area contributed by atoms with Crippen molar-refractivity contribution in [2.75, 3.05) is 39.4 Å². The summed E-state index contributed by atoms with van der Waals surface area (Å²) in [6, 6.07) is 13.1. The maximum atomic E-state index is 12.9. The number of carbonyl (C=O) groups is 1. The Labute approximate surface area is 179 Å². The lowest BCUT2D eigenvalue weighted by atomic mass is 9.73. The lowest BCUT2D eigenvalue weighted by Gasteiger charge is -2.40. The van der Waals surface area contributed by atoms with Gasteiger partial charge in [0.1, 0.15) is 0 Å². The molecule has 1 aromatic heterocycles. The SMILES string of the molecule is O=C(C[C@@H]1CC2(CCN(Cc3ccncc3)CC2)c2ccccc21)N1CCOCC1. The molecule has 30 heavy (non-hydrogen) atoms. The number of amides is 1. The van der Waals surface area contributed by atoms with Crippen LogP contribution in [0.2, 0.25) is 0 Å². The van der Waals surface area contributed by atoms with E-state index in [4.69, 9.17) is 4.74 Å². The van der Waals surface area contributed by atoms with Gasteiger partial charge in [0.05, 0.1) is 13.2 Å². The molecule has 0 N–H and O–H groups in total. The summed E-state index contributed by atoms with van der Waals surface area (Å²) < 4.78 is 5.42. The first-order valence-electron chi connectivity index (χ1n) is 11.3. The predicted octanol–water partition coefficient (Wildman–Crippen LogP) is 3.35. The minimum absolute atomic E-state index is 0.237. The molecular weight excluding hydrogens is 374 g/mol. The van der Waals surface area contributed by atoms with E-state index < -0.39 is 0 Å². The summed E-state index contributed by atoms with van der Waals surface area (Å²) in [6.07, 6.45) is 7.87. The number of likely N-dealkylation sites (tertiary alicyclic amines) is 1. The Morgan fingerprint density at radius 3 is 2.53 bits per heavy atom. The van der Waals surface area contributed by atoms with Crippen LogP contribution >= 0.6 is 0 Å². The summed E-state index contributed by atoms with van der Waals surface area (Å²) in [5.74, 6) is 0.647. The molecule has 0 unspecified atom stereocenters. The Morgan fingerprint density at radius 1 is 1.03 bits per heavy atom. The van der Waals surface area contributed by atoms with Crippen molar-refractivity contribution in [1.82, 2.24) is 14.8 Å². The fraction of sp³-hybridized carbons (Fsp3) is 0.520. The van der Waals surface area contributed by atoms with E-state index in [-0.39, 0.29) is 5.41 Å². The van der Waals surface area contributed by atoms with Crippen molar-refractivity contribution in [2.45, 2.75) is 43.6 Å². The van der Waals surface area contributed by atoms with Gasteiger partial charge in [0.2, 0.25) is 5.91 Å². The van der Waals surface area contributed by atoms with Crippen LogP contribution in [0.4, 0.5) is 0 Å². The topological polar surface area (TPSA) is 45.7 Å². The van der Waals surface area contributed by atoms with E-state index in [0.29, 0.717) is 31.5 Å². The Balaban J connectivity index is 1.28. The molecular formula is C25H31N3O2. The molecule has 2 aromatic rings. The number of hydrogen-bond acceptors (Lipinski definition) is 4. The molecule has 2 saturated heterocycles. The summed E-state index contributed by atoms with van der Waals surface area (Å²) in [7, 11) is 0. The van der Waals surface area contributed by atoms with Gasteiger partial charge in [-0.2, -0.15) is 0 Å². The Hall–Kier alpha value is -2.24. The van der Waals surface area contributed by atoms with Crippen molar-refractivity contribution in [3.05, 3.63) is 65.5 Å². The molecule has 158 valence electrons. The Morgan fingerprint density at radius 2 is 1.77 bits per heavy atom. The van der Waals surface area contributed by atoms with Gasteiger partial charge in [-0.25, -0.2) is 0 Å². The van der Waals surface area contributed by atoms with E-state index in [9.17, 15) is 4.79 Å². The predicted molar refractivity (Wildman–Crippen MR) is 116 cm³/mol. The van der Waals surface area contributed by atoms with E-state index in [1.807, 2.05) is 17.3 Å². The van der Waals surface area contributed by atoms with Gasteiger partial charge in [0.25, 0.3) is 0 Å². The molecule has 5 heteroatoms. The number of hydrogen-bond donors (Lipinski definition) is 0. The van der Waals surface area contributed by atoms with Crippen LogP contribution in [0.25, 0.3) is 0 Å². The molecule has 0 bridgehead atoms. The zero-order chi connectivity index (χ0) is 20.4. The highest BCUT2D eigenvalue weighted by Gasteiger charge is 2.45. The van der Waals surface area contributed by atoms with Gasteiger partial charge in [-0.15, -0.1) is 0 Å². The number of nitrogens with zero attached hydrogens (tertiary/aromatic N) is 3. The Bertz CT molecular complexity index is 871. The van der Waals surface area contributed by atoms with Crippen LogP contribution in [-0.2, 0) is 21.5 Å². The van der Waals surface area contributed by atoms with Crippen molar-refractivity contribution < 1.29 is 9.53 Å². The normalized spacial score (nSPS) is 23.5. The number of aromatic nitrogens is 1. The molecule has 1 amide bonds. The van der Waals surface area contributed by atoms with Crippen molar-refractivity contribution >= 4 is 5.91 Å². The summed E-state index contributed by atoms with van der Waals surface area (Å²) >= 11 is 0. The Kier molecular flexibility index (Phi) is 5.57. The smallest absolute Gasteiger partial charge is 0.223 e. The highest BCUT2D eigenvalue weighted by molar-refractivity contribution is 5.77. The molecule has 1 aliphatic carbocycles. The minimum atomic E-state index is 0.237. The minimum Gasteiger partial charge on any atom is -0.378 e. The fourth-order valence-electron chi connectivity index (χ4n) is 5.72. The van der Waals surface area contributed by atoms with Gasteiger partial charge in [0.15, 0.2) is 0 Å². The number of carbonyl (C=O) groups excluding carboxylic acids is 1. The third kappa shape index (κ3) is 3.88. The first-order valence-corrected chi connectivity index (χ1v) is 11.3.